The van der Waals surface area contributed by atoms with Gasteiger partial charge in [-0.25, -0.2) is 4.39 Å². The highest BCUT2D eigenvalue weighted by Gasteiger charge is 2.09. The van der Waals surface area contributed by atoms with Gasteiger partial charge in [-0.15, -0.1) is 0 Å². The van der Waals surface area contributed by atoms with Crippen LogP contribution in [0.4, 0.5) is 10.1 Å². The van der Waals surface area contributed by atoms with Crippen LogP contribution in [0.5, 0.6) is 0 Å². The first-order valence-corrected chi connectivity index (χ1v) is 4.52. The van der Waals surface area contributed by atoms with Gasteiger partial charge in [0.05, 0.1) is 8.95 Å². The average Bonchev–Trinajstić information content (AvgIpc) is 1.97. The van der Waals surface area contributed by atoms with Crippen LogP contribution >= 0.6 is 31.9 Å². The largest absolute Gasteiger partial charge is 0.398 e. The van der Waals surface area contributed by atoms with Gasteiger partial charge in [0, 0.05) is 5.69 Å². The molecule has 0 radical (unpaired) electrons. The fraction of sp³-hybridized carbons (Fsp3) is 0.143. The van der Waals surface area contributed by atoms with Crippen LogP contribution in [-0.4, -0.2) is 0 Å². The molecule has 0 atom stereocenters. The van der Waals surface area contributed by atoms with Crippen LogP contribution in [0.15, 0.2) is 15.0 Å². The molecule has 0 amide bonds. The van der Waals surface area contributed by atoms with Crippen LogP contribution in [0.3, 0.4) is 0 Å². The van der Waals surface area contributed by atoms with Crippen molar-refractivity contribution in [1.29, 1.82) is 0 Å². The lowest BCUT2D eigenvalue weighted by Crippen LogP contribution is -1.93. The SMILES string of the molecule is Cc1cc(N)c(Br)c(F)c1Br. The van der Waals surface area contributed by atoms with Crippen LogP contribution in [0.2, 0.25) is 0 Å². The summed E-state index contributed by atoms with van der Waals surface area (Å²) in [6.07, 6.45) is 0. The monoisotopic (exact) mass is 281 g/mol. The maximum Gasteiger partial charge on any atom is 0.153 e. The molecule has 1 aromatic rings. The summed E-state index contributed by atoms with van der Waals surface area (Å²) in [5.74, 6) is -0.345. The molecule has 0 saturated carbocycles. The van der Waals surface area contributed by atoms with Gasteiger partial charge in [-0.05, 0) is 50.4 Å². The summed E-state index contributed by atoms with van der Waals surface area (Å²) in [7, 11) is 0. The van der Waals surface area contributed by atoms with Crippen molar-refractivity contribution in [2.75, 3.05) is 5.73 Å². The molecule has 1 aromatic carbocycles. The molecule has 0 aliphatic rings. The molecule has 0 aliphatic heterocycles. The number of nitrogens with two attached hydrogens (primary N) is 1. The average molecular weight is 283 g/mol. The molecule has 60 valence electrons. The Morgan fingerprint density at radius 2 is 1.91 bits per heavy atom. The maximum atomic E-state index is 13.1. The predicted octanol–water partition coefficient (Wildman–Crippen LogP) is 3.24. The van der Waals surface area contributed by atoms with Gasteiger partial charge in [-0.2, -0.15) is 0 Å². The Balaban J connectivity index is 3.46. The summed E-state index contributed by atoms with van der Waals surface area (Å²) >= 11 is 6.14. The lowest BCUT2D eigenvalue weighted by molar-refractivity contribution is 0.614. The van der Waals surface area contributed by atoms with E-state index in [1.54, 1.807) is 13.0 Å². The van der Waals surface area contributed by atoms with E-state index in [2.05, 4.69) is 31.9 Å². The van der Waals surface area contributed by atoms with Crippen LogP contribution < -0.4 is 5.73 Å². The van der Waals surface area contributed by atoms with Gasteiger partial charge < -0.3 is 5.73 Å². The number of anilines is 1. The fourth-order valence-electron chi connectivity index (χ4n) is 0.756. The van der Waals surface area contributed by atoms with E-state index in [0.717, 1.165) is 5.56 Å². The van der Waals surface area contributed by atoms with E-state index in [9.17, 15) is 4.39 Å². The highest BCUT2D eigenvalue weighted by molar-refractivity contribution is 9.11. The molecule has 0 aliphatic carbocycles. The Morgan fingerprint density at radius 3 is 2.45 bits per heavy atom. The number of halogens is 3. The summed E-state index contributed by atoms with van der Waals surface area (Å²) in [5.41, 5.74) is 6.70. The molecular weight excluding hydrogens is 277 g/mol. The lowest BCUT2D eigenvalue weighted by atomic mass is 10.2. The molecule has 11 heavy (non-hydrogen) atoms. The molecule has 4 heteroatoms. The van der Waals surface area contributed by atoms with E-state index < -0.39 is 0 Å². The Bertz CT molecular complexity index is 273. The molecular formula is C7H6Br2FN. The first-order chi connectivity index (χ1) is 5.04. The molecule has 0 fully saturated rings. The Kier molecular flexibility index (Phi) is 2.54. The predicted molar refractivity (Wildman–Crippen MR) is 50.9 cm³/mol. The summed E-state index contributed by atoms with van der Waals surface area (Å²) in [5, 5.41) is 0. The zero-order valence-corrected chi connectivity index (χ0v) is 8.96. The Labute approximate surface area is 81.0 Å². The van der Waals surface area contributed by atoms with E-state index in [-0.39, 0.29) is 5.82 Å². The smallest absolute Gasteiger partial charge is 0.153 e. The van der Waals surface area contributed by atoms with Crippen molar-refractivity contribution in [2.45, 2.75) is 6.92 Å². The van der Waals surface area contributed by atoms with E-state index in [0.29, 0.717) is 14.6 Å². The zero-order valence-electron chi connectivity index (χ0n) is 5.79. The number of nitrogen functional groups attached to an aromatic ring is 1. The van der Waals surface area contributed by atoms with Gasteiger partial charge in [0.25, 0.3) is 0 Å². The quantitative estimate of drug-likeness (QED) is 0.574. The second-order valence-electron chi connectivity index (χ2n) is 2.22. The number of rotatable bonds is 0. The van der Waals surface area contributed by atoms with Gasteiger partial charge in [0.15, 0.2) is 5.82 Å². The van der Waals surface area contributed by atoms with Crippen molar-refractivity contribution in [3.8, 4) is 0 Å². The first-order valence-electron chi connectivity index (χ1n) is 2.93. The number of aryl methyl sites for hydroxylation is 1. The van der Waals surface area contributed by atoms with Crippen LogP contribution in [0.1, 0.15) is 5.56 Å². The third kappa shape index (κ3) is 1.56. The Morgan fingerprint density at radius 1 is 1.36 bits per heavy atom. The van der Waals surface area contributed by atoms with Crippen molar-refractivity contribution in [2.24, 2.45) is 0 Å². The van der Waals surface area contributed by atoms with Crippen molar-refractivity contribution >= 4 is 37.5 Å². The van der Waals surface area contributed by atoms with Crippen molar-refractivity contribution in [3.63, 3.8) is 0 Å². The lowest BCUT2D eigenvalue weighted by Gasteiger charge is -2.04. The fourth-order valence-corrected chi connectivity index (χ4v) is 1.65. The van der Waals surface area contributed by atoms with Crippen molar-refractivity contribution in [1.82, 2.24) is 0 Å². The molecule has 0 unspecified atom stereocenters. The van der Waals surface area contributed by atoms with E-state index in [1.807, 2.05) is 0 Å². The number of benzene rings is 1. The second kappa shape index (κ2) is 3.11. The van der Waals surface area contributed by atoms with Crippen LogP contribution in [-0.2, 0) is 0 Å². The third-order valence-corrected chi connectivity index (χ3v) is 3.14. The standard InChI is InChI=1S/C7H6Br2FN/c1-3-2-4(11)6(9)7(10)5(3)8/h2H,11H2,1H3. The normalized spacial score (nSPS) is 10.2. The summed E-state index contributed by atoms with van der Waals surface area (Å²) in [6, 6.07) is 1.71. The first kappa shape index (κ1) is 9.00. The van der Waals surface area contributed by atoms with Crippen molar-refractivity contribution in [3.05, 3.63) is 26.4 Å². The topological polar surface area (TPSA) is 26.0 Å². The maximum absolute atomic E-state index is 13.1. The molecule has 0 saturated heterocycles. The van der Waals surface area contributed by atoms with Gasteiger partial charge in [-0.1, -0.05) is 0 Å². The molecule has 1 rings (SSSR count). The van der Waals surface area contributed by atoms with Gasteiger partial charge in [-0.3, -0.25) is 0 Å². The summed E-state index contributed by atoms with van der Waals surface area (Å²) < 4.78 is 13.9. The highest BCUT2D eigenvalue weighted by atomic mass is 79.9. The Hall–Kier alpha value is -0.0900. The van der Waals surface area contributed by atoms with Gasteiger partial charge >= 0.3 is 0 Å². The molecule has 1 nitrogen and oxygen atoms in total. The van der Waals surface area contributed by atoms with Crippen molar-refractivity contribution < 1.29 is 4.39 Å². The molecule has 0 heterocycles. The van der Waals surface area contributed by atoms with Gasteiger partial charge in [0.1, 0.15) is 0 Å². The zero-order chi connectivity index (χ0) is 8.59. The number of hydrogen-bond donors (Lipinski definition) is 1. The molecule has 2 N–H and O–H groups in total. The van der Waals surface area contributed by atoms with E-state index in [1.165, 1.54) is 0 Å². The van der Waals surface area contributed by atoms with E-state index in [4.69, 9.17) is 5.73 Å². The number of hydrogen-bond acceptors (Lipinski definition) is 1. The van der Waals surface area contributed by atoms with Gasteiger partial charge in [0.2, 0.25) is 0 Å². The van der Waals surface area contributed by atoms with E-state index >= 15 is 0 Å². The second-order valence-corrected chi connectivity index (χ2v) is 3.81. The minimum atomic E-state index is -0.345. The third-order valence-electron chi connectivity index (χ3n) is 1.36. The van der Waals surface area contributed by atoms with Crippen LogP contribution in [0, 0.1) is 12.7 Å². The summed E-state index contributed by atoms with van der Waals surface area (Å²) in [6.45, 7) is 1.79. The highest BCUT2D eigenvalue weighted by Crippen LogP contribution is 2.31. The molecule has 0 spiro atoms. The molecule has 0 aromatic heterocycles. The molecule has 0 bridgehead atoms. The van der Waals surface area contributed by atoms with Crippen LogP contribution in [0.25, 0.3) is 0 Å². The minimum absolute atomic E-state index is 0.315. The minimum Gasteiger partial charge on any atom is -0.398 e. The summed E-state index contributed by atoms with van der Waals surface area (Å²) in [4.78, 5) is 0.